The van der Waals surface area contributed by atoms with Crippen LogP contribution in [0, 0.1) is 0 Å². The lowest BCUT2D eigenvalue weighted by Crippen LogP contribution is -2.42. The second-order valence-electron chi connectivity index (χ2n) is 6.51. The molecule has 2 N–H and O–H groups in total. The van der Waals surface area contributed by atoms with Crippen molar-refractivity contribution >= 4 is 0 Å². The third-order valence-electron chi connectivity index (χ3n) is 4.89. The van der Waals surface area contributed by atoms with Crippen molar-refractivity contribution in [3.05, 3.63) is 0 Å². The molecule has 19 heavy (non-hydrogen) atoms. The van der Waals surface area contributed by atoms with Crippen molar-refractivity contribution < 1.29 is 0 Å². The van der Waals surface area contributed by atoms with Crippen LogP contribution >= 0.6 is 0 Å². The number of likely N-dealkylation sites (tertiary alicyclic amines) is 1. The van der Waals surface area contributed by atoms with Crippen LogP contribution in [0.1, 0.15) is 58.3 Å². The quantitative estimate of drug-likeness (QED) is 0.769. The summed E-state index contributed by atoms with van der Waals surface area (Å²) in [6, 6.07) is 1.29. The van der Waals surface area contributed by atoms with Gasteiger partial charge in [0.25, 0.3) is 0 Å². The lowest BCUT2D eigenvalue weighted by atomic mass is 9.90. The van der Waals surface area contributed by atoms with Crippen molar-refractivity contribution in [2.24, 2.45) is 5.73 Å². The number of nitrogens with zero attached hydrogens (tertiary/aromatic N) is 2. The van der Waals surface area contributed by atoms with E-state index >= 15 is 0 Å². The highest BCUT2D eigenvalue weighted by molar-refractivity contribution is 4.81. The van der Waals surface area contributed by atoms with Crippen LogP contribution in [0.5, 0.6) is 0 Å². The van der Waals surface area contributed by atoms with Crippen LogP contribution in [-0.2, 0) is 0 Å². The van der Waals surface area contributed by atoms with E-state index in [2.05, 4.69) is 16.7 Å². The van der Waals surface area contributed by atoms with Gasteiger partial charge >= 0.3 is 0 Å². The second kappa shape index (κ2) is 8.23. The van der Waals surface area contributed by atoms with E-state index in [1.807, 2.05) is 0 Å². The van der Waals surface area contributed by atoms with Crippen LogP contribution in [0.3, 0.4) is 0 Å². The molecule has 2 aliphatic rings. The summed E-state index contributed by atoms with van der Waals surface area (Å²) in [5, 5.41) is 0. The molecule has 2 fully saturated rings. The van der Waals surface area contributed by atoms with Gasteiger partial charge in [0, 0.05) is 12.1 Å². The molecule has 0 amide bonds. The molecule has 0 spiro atoms. The van der Waals surface area contributed by atoms with E-state index in [0.717, 1.165) is 6.04 Å². The predicted molar refractivity (Wildman–Crippen MR) is 82.4 cm³/mol. The van der Waals surface area contributed by atoms with Crippen LogP contribution < -0.4 is 5.73 Å². The Morgan fingerprint density at radius 2 is 1.74 bits per heavy atom. The van der Waals surface area contributed by atoms with Crippen molar-refractivity contribution in [1.82, 2.24) is 9.80 Å². The summed E-state index contributed by atoms with van der Waals surface area (Å²) >= 11 is 0. The minimum absolute atomic E-state index is 0.476. The van der Waals surface area contributed by atoms with Crippen molar-refractivity contribution in [3.63, 3.8) is 0 Å². The van der Waals surface area contributed by atoms with Gasteiger partial charge in [-0.15, -0.1) is 0 Å². The van der Waals surface area contributed by atoms with Crippen molar-refractivity contribution in [1.29, 1.82) is 0 Å². The fraction of sp³-hybridized carbons (Fsp3) is 1.00. The van der Waals surface area contributed by atoms with E-state index in [0.29, 0.717) is 6.04 Å². The minimum Gasteiger partial charge on any atom is -0.328 e. The van der Waals surface area contributed by atoms with Crippen LogP contribution in [-0.4, -0.2) is 54.6 Å². The molecule has 0 atom stereocenters. The average Bonchev–Trinajstić information content (AvgIpc) is 2.92. The molecule has 0 aromatic carbocycles. The van der Waals surface area contributed by atoms with Crippen molar-refractivity contribution in [2.45, 2.75) is 70.4 Å². The van der Waals surface area contributed by atoms with Crippen LogP contribution in [0.25, 0.3) is 0 Å². The van der Waals surface area contributed by atoms with Gasteiger partial charge in [-0.1, -0.05) is 6.92 Å². The molecular formula is C16H33N3. The van der Waals surface area contributed by atoms with Gasteiger partial charge < -0.3 is 15.5 Å². The van der Waals surface area contributed by atoms with Crippen LogP contribution in [0.2, 0.25) is 0 Å². The summed E-state index contributed by atoms with van der Waals surface area (Å²) in [7, 11) is 0. The summed E-state index contributed by atoms with van der Waals surface area (Å²) in [5.41, 5.74) is 6.03. The number of rotatable bonds is 7. The monoisotopic (exact) mass is 267 g/mol. The van der Waals surface area contributed by atoms with Crippen molar-refractivity contribution in [2.75, 3.05) is 32.7 Å². The highest BCUT2D eigenvalue weighted by Gasteiger charge is 2.23. The molecule has 1 aliphatic carbocycles. The fourth-order valence-corrected chi connectivity index (χ4v) is 3.73. The van der Waals surface area contributed by atoms with E-state index in [-0.39, 0.29) is 0 Å². The average molecular weight is 267 g/mol. The van der Waals surface area contributed by atoms with Gasteiger partial charge in [0.05, 0.1) is 0 Å². The zero-order chi connectivity index (χ0) is 13.5. The van der Waals surface area contributed by atoms with Crippen LogP contribution in [0.4, 0.5) is 0 Å². The maximum atomic E-state index is 6.03. The third-order valence-corrected chi connectivity index (χ3v) is 4.89. The van der Waals surface area contributed by atoms with Crippen LogP contribution in [0.15, 0.2) is 0 Å². The topological polar surface area (TPSA) is 32.5 Å². The molecule has 1 saturated heterocycles. The van der Waals surface area contributed by atoms with E-state index in [9.17, 15) is 0 Å². The molecule has 3 nitrogen and oxygen atoms in total. The van der Waals surface area contributed by atoms with E-state index in [4.69, 9.17) is 5.73 Å². The highest BCUT2D eigenvalue weighted by atomic mass is 15.2. The van der Waals surface area contributed by atoms with Gasteiger partial charge in [-0.05, 0) is 84.1 Å². The molecule has 0 aromatic heterocycles. The Labute approximate surface area is 119 Å². The minimum atomic E-state index is 0.476. The molecule has 1 heterocycles. The van der Waals surface area contributed by atoms with Gasteiger partial charge in [0.15, 0.2) is 0 Å². The molecule has 0 radical (unpaired) electrons. The Morgan fingerprint density at radius 3 is 2.37 bits per heavy atom. The number of hydrogen-bond donors (Lipinski definition) is 1. The largest absolute Gasteiger partial charge is 0.328 e. The van der Waals surface area contributed by atoms with Gasteiger partial charge in [0.2, 0.25) is 0 Å². The lowest BCUT2D eigenvalue weighted by Gasteiger charge is -2.36. The zero-order valence-corrected chi connectivity index (χ0v) is 12.8. The highest BCUT2D eigenvalue weighted by Crippen LogP contribution is 2.22. The molecule has 1 saturated carbocycles. The molecule has 1 aliphatic heterocycles. The smallest absolute Gasteiger partial charge is 0.00964 e. The summed E-state index contributed by atoms with van der Waals surface area (Å²) in [4.78, 5) is 5.39. The molecule has 3 heteroatoms. The third kappa shape index (κ3) is 5.05. The number of hydrogen-bond acceptors (Lipinski definition) is 3. The van der Waals surface area contributed by atoms with Gasteiger partial charge in [-0.2, -0.15) is 0 Å². The van der Waals surface area contributed by atoms with Gasteiger partial charge in [-0.3, -0.25) is 0 Å². The Balaban J connectivity index is 1.69. The summed E-state index contributed by atoms with van der Waals surface area (Å²) in [6.45, 7) is 8.87. The second-order valence-corrected chi connectivity index (χ2v) is 6.51. The predicted octanol–water partition coefficient (Wildman–Crippen LogP) is 2.45. The SMILES string of the molecule is CCCN(CCCN1CCCC1)C1CCC(N)CC1. The zero-order valence-electron chi connectivity index (χ0n) is 12.8. The fourth-order valence-electron chi connectivity index (χ4n) is 3.73. The maximum absolute atomic E-state index is 6.03. The maximum Gasteiger partial charge on any atom is 0.00964 e. The van der Waals surface area contributed by atoms with E-state index < -0.39 is 0 Å². The Bertz CT molecular complexity index is 230. The Morgan fingerprint density at radius 1 is 1.05 bits per heavy atom. The first kappa shape index (κ1) is 15.3. The molecular weight excluding hydrogens is 234 g/mol. The Hall–Kier alpha value is -0.120. The first-order valence-electron chi connectivity index (χ1n) is 8.51. The molecule has 112 valence electrons. The van der Waals surface area contributed by atoms with Crippen molar-refractivity contribution in [3.8, 4) is 0 Å². The summed E-state index contributed by atoms with van der Waals surface area (Å²) < 4.78 is 0. The summed E-state index contributed by atoms with van der Waals surface area (Å²) in [5.74, 6) is 0. The molecule has 0 unspecified atom stereocenters. The first-order valence-corrected chi connectivity index (χ1v) is 8.51. The number of nitrogens with two attached hydrogens (primary N) is 1. The van der Waals surface area contributed by atoms with Gasteiger partial charge in [0.1, 0.15) is 0 Å². The molecule has 2 rings (SSSR count). The van der Waals surface area contributed by atoms with E-state index in [1.54, 1.807) is 0 Å². The first-order chi connectivity index (χ1) is 9.29. The molecule has 0 aromatic rings. The summed E-state index contributed by atoms with van der Waals surface area (Å²) in [6.07, 6.45) is 10.6. The standard InChI is InChI=1S/C16H33N3/c1-2-10-19(16-8-6-15(17)7-9-16)14-5-13-18-11-3-4-12-18/h15-16H,2-14,17H2,1H3. The van der Waals surface area contributed by atoms with E-state index in [1.165, 1.54) is 84.1 Å². The Kier molecular flexibility index (Phi) is 6.62. The van der Waals surface area contributed by atoms with Gasteiger partial charge in [-0.25, -0.2) is 0 Å². The normalized spacial score (nSPS) is 29.2. The molecule has 0 bridgehead atoms. The lowest BCUT2D eigenvalue weighted by molar-refractivity contribution is 0.142.